The SMILES string of the molecule is CCCC1(C)C(=O)CS(=O)(=O)N1CC. The van der Waals surface area contributed by atoms with Crippen LogP contribution < -0.4 is 0 Å². The normalized spacial score (nSPS) is 32.4. The number of carbonyl (C=O) groups is 1. The molecular formula is C9H17NO3S. The third kappa shape index (κ3) is 1.59. The van der Waals surface area contributed by atoms with Crippen molar-refractivity contribution in [1.29, 1.82) is 0 Å². The first kappa shape index (κ1) is 11.7. The fourth-order valence-corrected chi connectivity index (χ4v) is 4.14. The van der Waals surface area contributed by atoms with Gasteiger partial charge in [-0.1, -0.05) is 20.3 Å². The highest BCUT2D eigenvalue weighted by Gasteiger charge is 2.51. The lowest BCUT2D eigenvalue weighted by atomic mass is 9.92. The van der Waals surface area contributed by atoms with Crippen molar-refractivity contribution >= 4 is 15.8 Å². The summed E-state index contributed by atoms with van der Waals surface area (Å²) in [5, 5.41) is 0. The van der Waals surface area contributed by atoms with Crippen LogP contribution in [0.3, 0.4) is 0 Å². The van der Waals surface area contributed by atoms with Crippen molar-refractivity contribution in [1.82, 2.24) is 4.31 Å². The number of carbonyl (C=O) groups excluding carboxylic acids is 1. The average Bonchev–Trinajstić information content (AvgIpc) is 2.19. The van der Waals surface area contributed by atoms with Crippen molar-refractivity contribution in [2.75, 3.05) is 12.3 Å². The standard InChI is InChI=1S/C9H17NO3S/c1-4-6-9(3)8(11)7-14(12,13)10(9)5-2/h4-7H2,1-3H3. The molecule has 0 amide bonds. The zero-order chi connectivity index (χ0) is 11.0. The lowest BCUT2D eigenvalue weighted by Crippen LogP contribution is -2.46. The number of nitrogens with zero attached hydrogens (tertiary/aromatic N) is 1. The summed E-state index contributed by atoms with van der Waals surface area (Å²) in [5.41, 5.74) is -0.789. The molecule has 0 bridgehead atoms. The van der Waals surface area contributed by atoms with Gasteiger partial charge in [-0.15, -0.1) is 0 Å². The second kappa shape index (κ2) is 3.62. The van der Waals surface area contributed by atoms with E-state index in [4.69, 9.17) is 0 Å². The Morgan fingerprint density at radius 1 is 1.43 bits per heavy atom. The minimum absolute atomic E-state index is 0.166. The molecule has 1 saturated heterocycles. The van der Waals surface area contributed by atoms with Crippen LogP contribution >= 0.6 is 0 Å². The lowest BCUT2D eigenvalue weighted by Gasteiger charge is -2.30. The molecule has 0 saturated carbocycles. The average molecular weight is 219 g/mol. The molecule has 14 heavy (non-hydrogen) atoms. The number of Topliss-reactive ketones (excluding diaryl/α,β-unsaturated/α-hetero) is 1. The molecular weight excluding hydrogens is 202 g/mol. The fraction of sp³-hybridized carbons (Fsp3) is 0.889. The molecule has 0 aromatic carbocycles. The lowest BCUT2D eigenvalue weighted by molar-refractivity contribution is -0.123. The predicted octanol–water partition coefficient (Wildman–Crippen LogP) is 0.780. The Hall–Kier alpha value is -0.420. The zero-order valence-corrected chi connectivity index (χ0v) is 9.73. The largest absolute Gasteiger partial charge is 0.296 e. The minimum Gasteiger partial charge on any atom is -0.296 e. The van der Waals surface area contributed by atoms with E-state index in [0.29, 0.717) is 13.0 Å². The van der Waals surface area contributed by atoms with Crippen molar-refractivity contribution in [2.24, 2.45) is 0 Å². The topological polar surface area (TPSA) is 54.5 Å². The Morgan fingerprint density at radius 2 is 2.00 bits per heavy atom. The molecule has 0 N–H and O–H groups in total. The summed E-state index contributed by atoms with van der Waals surface area (Å²) in [6.45, 7) is 5.83. The van der Waals surface area contributed by atoms with Crippen molar-refractivity contribution in [3.05, 3.63) is 0 Å². The number of sulfonamides is 1. The van der Waals surface area contributed by atoms with Gasteiger partial charge in [-0.2, -0.15) is 4.31 Å². The van der Waals surface area contributed by atoms with Crippen molar-refractivity contribution in [3.8, 4) is 0 Å². The number of likely N-dealkylation sites (N-methyl/N-ethyl adjacent to an activating group) is 1. The van der Waals surface area contributed by atoms with Gasteiger partial charge in [-0.25, -0.2) is 8.42 Å². The Kier molecular flexibility index (Phi) is 3.02. The van der Waals surface area contributed by atoms with Crippen molar-refractivity contribution in [2.45, 2.75) is 39.2 Å². The maximum absolute atomic E-state index is 11.7. The van der Waals surface area contributed by atoms with Gasteiger partial charge >= 0.3 is 0 Å². The molecule has 1 heterocycles. The highest BCUT2D eigenvalue weighted by atomic mass is 32.2. The second-order valence-electron chi connectivity index (χ2n) is 3.87. The van der Waals surface area contributed by atoms with Crippen LogP contribution in [0.4, 0.5) is 0 Å². The van der Waals surface area contributed by atoms with Gasteiger partial charge in [0.15, 0.2) is 5.78 Å². The fourth-order valence-electron chi connectivity index (χ4n) is 2.14. The summed E-state index contributed by atoms with van der Waals surface area (Å²) in [6.07, 6.45) is 1.42. The molecule has 0 radical (unpaired) electrons. The first-order valence-corrected chi connectivity index (χ1v) is 6.53. The van der Waals surface area contributed by atoms with Gasteiger partial charge in [-0.05, 0) is 13.3 Å². The number of ketones is 1. The van der Waals surface area contributed by atoms with Crippen LogP contribution in [-0.4, -0.2) is 36.3 Å². The summed E-state index contributed by atoms with van der Waals surface area (Å²) in [7, 11) is -3.33. The van der Waals surface area contributed by atoms with E-state index in [0.717, 1.165) is 6.42 Å². The van der Waals surface area contributed by atoms with Crippen LogP contribution in [0.25, 0.3) is 0 Å². The Labute approximate surface area is 85.3 Å². The van der Waals surface area contributed by atoms with E-state index in [9.17, 15) is 13.2 Å². The van der Waals surface area contributed by atoms with Crippen molar-refractivity contribution < 1.29 is 13.2 Å². The van der Waals surface area contributed by atoms with E-state index >= 15 is 0 Å². The van der Waals surface area contributed by atoms with Gasteiger partial charge < -0.3 is 0 Å². The van der Waals surface area contributed by atoms with Crippen LogP contribution in [-0.2, 0) is 14.8 Å². The highest BCUT2D eigenvalue weighted by molar-refractivity contribution is 7.90. The number of hydrogen-bond acceptors (Lipinski definition) is 3. The molecule has 1 rings (SSSR count). The molecule has 1 unspecified atom stereocenters. The van der Waals surface area contributed by atoms with Gasteiger partial charge in [0.05, 0.1) is 5.54 Å². The van der Waals surface area contributed by atoms with E-state index in [1.54, 1.807) is 13.8 Å². The van der Waals surface area contributed by atoms with Gasteiger partial charge in [0, 0.05) is 6.54 Å². The van der Waals surface area contributed by atoms with Gasteiger partial charge in [-0.3, -0.25) is 4.79 Å². The summed E-state index contributed by atoms with van der Waals surface area (Å²) >= 11 is 0. The molecule has 5 heteroatoms. The number of hydrogen-bond donors (Lipinski definition) is 0. The molecule has 0 aromatic rings. The first-order valence-electron chi connectivity index (χ1n) is 4.92. The number of rotatable bonds is 3. The van der Waals surface area contributed by atoms with E-state index in [2.05, 4.69) is 0 Å². The molecule has 0 aliphatic carbocycles. The first-order chi connectivity index (χ1) is 6.38. The third-order valence-electron chi connectivity index (χ3n) is 2.82. The van der Waals surface area contributed by atoms with Gasteiger partial charge in [0.1, 0.15) is 5.75 Å². The molecule has 1 atom stereocenters. The maximum Gasteiger partial charge on any atom is 0.222 e. The maximum atomic E-state index is 11.7. The quantitative estimate of drug-likeness (QED) is 0.705. The van der Waals surface area contributed by atoms with Crippen LogP contribution in [0.2, 0.25) is 0 Å². The molecule has 0 spiro atoms. The summed E-state index contributed by atoms with van der Waals surface area (Å²) in [5.74, 6) is -0.488. The highest BCUT2D eigenvalue weighted by Crippen LogP contribution is 2.32. The third-order valence-corrected chi connectivity index (χ3v) is 4.78. The van der Waals surface area contributed by atoms with Crippen LogP contribution in [0.1, 0.15) is 33.6 Å². The molecule has 82 valence electrons. The monoisotopic (exact) mass is 219 g/mol. The van der Waals surface area contributed by atoms with Crippen LogP contribution in [0.15, 0.2) is 0 Å². The zero-order valence-electron chi connectivity index (χ0n) is 8.91. The Morgan fingerprint density at radius 3 is 2.43 bits per heavy atom. The Bertz CT molecular complexity index is 336. The van der Waals surface area contributed by atoms with Gasteiger partial charge in [0.25, 0.3) is 0 Å². The summed E-state index contributed by atoms with van der Waals surface area (Å²) < 4.78 is 24.5. The Balaban J connectivity index is 3.12. The molecule has 1 aliphatic rings. The minimum atomic E-state index is -3.33. The van der Waals surface area contributed by atoms with E-state index in [-0.39, 0.29) is 11.5 Å². The molecule has 1 fully saturated rings. The van der Waals surface area contributed by atoms with E-state index in [1.807, 2.05) is 6.92 Å². The smallest absolute Gasteiger partial charge is 0.222 e. The molecule has 0 aromatic heterocycles. The van der Waals surface area contributed by atoms with E-state index < -0.39 is 15.6 Å². The van der Waals surface area contributed by atoms with E-state index in [1.165, 1.54) is 4.31 Å². The van der Waals surface area contributed by atoms with Crippen LogP contribution in [0.5, 0.6) is 0 Å². The summed E-state index contributed by atoms with van der Waals surface area (Å²) in [6, 6.07) is 0. The molecule has 1 aliphatic heterocycles. The predicted molar refractivity (Wildman–Crippen MR) is 54.5 cm³/mol. The summed E-state index contributed by atoms with van der Waals surface area (Å²) in [4.78, 5) is 11.7. The van der Waals surface area contributed by atoms with Crippen LogP contribution in [0, 0.1) is 0 Å². The second-order valence-corrected chi connectivity index (χ2v) is 5.76. The van der Waals surface area contributed by atoms with Gasteiger partial charge in [0.2, 0.25) is 10.0 Å². The van der Waals surface area contributed by atoms with Crippen molar-refractivity contribution in [3.63, 3.8) is 0 Å². The molecule has 4 nitrogen and oxygen atoms in total.